The second-order valence-corrected chi connectivity index (χ2v) is 6.96. The zero-order chi connectivity index (χ0) is 15.3. The van der Waals surface area contributed by atoms with Crippen LogP contribution < -0.4 is 5.30 Å². The smallest absolute Gasteiger partial charge is 0.334 e. The molecular weight excluding hydrogens is 301 g/mol. The minimum atomic E-state index is -2.69. The molecule has 0 aliphatic rings. The molecule has 0 aliphatic carbocycles. The summed E-state index contributed by atoms with van der Waals surface area (Å²) in [5, 5.41) is 1.50. The average molecular weight is 318 g/mol. The molecule has 0 saturated heterocycles. The van der Waals surface area contributed by atoms with E-state index < -0.39 is 7.59 Å². The fraction of sp³-hybridized carbons (Fsp3) is 0.125. The lowest BCUT2D eigenvalue weighted by molar-refractivity contribution is 0.326. The maximum atomic E-state index is 6.38. The van der Waals surface area contributed by atoms with E-state index in [1.807, 2.05) is 49.4 Å². The third kappa shape index (κ3) is 4.10. The van der Waals surface area contributed by atoms with Crippen LogP contribution in [0.1, 0.15) is 12.5 Å². The molecule has 2 aromatic carbocycles. The largest absolute Gasteiger partial charge is 0.464 e. The van der Waals surface area contributed by atoms with Crippen LogP contribution in [0.15, 0.2) is 61.2 Å². The predicted octanol–water partition coefficient (Wildman–Crippen LogP) is 4.62. The van der Waals surface area contributed by atoms with Crippen molar-refractivity contribution in [3.05, 3.63) is 71.8 Å². The molecule has 1 unspecified atom stereocenters. The summed E-state index contributed by atoms with van der Waals surface area (Å²) in [4.78, 5) is 0. The van der Waals surface area contributed by atoms with Crippen molar-refractivity contribution in [1.82, 2.24) is 0 Å². The first-order chi connectivity index (χ1) is 10.0. The van der Waals surface area contributed by atoms with Crippen molar-refractivity contribution in [3.63, 3.8) is 0 Å². The quantitative estimate of drug-likeness (QED) is 0.440. The SMILES string of the molecule is [B][P+](OCC)(OC(=C)c1ccc(Cl)cc1)c1ccccc1. The first kappa shape index (κ1) is 16.1. The van der Waals surface area contributed by atoms with Gasteiger partial charge in [-0.1, -0.05) is 36.4 Å². The monoisotopic (exact) mass is 317 g/mol. The molecule has 106 valence electrons. The van der Waals surface area contributed by atoms with Crippen molar-refractivity contribution < 1.29 is 9.05 Å². The standard InChI is InChI=1S/C16H16BClO2P/c1-3-19-21(17,16-7-5-4-6-8-16)20-13(2)14-9-11-15(18)12-10-14/h4-12H,2-3H2,1H3/q+1. The van der Waals surface area contributed by atoms with Crippen LogP contribution in [-0.4, -0.2) is 14.2 Å². The number of benzene rings is 2. The molecule has 0 spiro atoms. The highest BCUT2D eigenvalue weighted by Gasteiger charge is 2.41. The Morgan fingerprint density at radius 1 is 1.14 bits per heavy atom. The second kappa shape index (κ2) is 7.13. The van der Waals surface area contributed by atoms with Crippen LogP contribution in [0.2, 0.25) is 5.02 Å². The molecule has 0 heterocycles. The summed E-state index contributed by atoms with van der Waals surface area (Å²) in [6, 6.07) is 16.8. The topological polar surface area (TPSA) is 18.5 Å². The second-order valence-electron chi connectivity index (χ2n) is 4.37. The predicted molar refractivity (Wildman–Crippen MR) is 91.9 cm³/mol. The molecule has 2 nitrogen and oxygen atoms in total. The lowest BCUT2D eigenvalue weighted by Gasteiger charge is -2.22. The van der Waals surface area contributed by atoms with E-state index in [0.717, 1.165) is 10.9 Å². The van der Waals surface area contributed by atoms with Crippen molar-refractivity contribution in [2.24, 2.45) is 0 Å². The summed E-state index contributed by atoms with van der Waals surface area (Å²) in [7, 11) is 3.69. The fourth-order valence-electron chi connectivity index (χ4n) is 1.83. The molecule has 0 N–H and O–H groups in total. The molecule has 0 aromatic heterocycles. The normalized spacial score (nSPS) is 13.4. The van der Waals surface area contributed by atoms with Gasteiger partial charge in [-0.05, 0) is 43.3 Å². The van der Waals surface area contributed by atoms with Gasteiger partial charge in [0.15, 0.2) is 5.76 Å². The zero-order valence-electron chi connectivity index (χ0n) is 11.8. The molecule has 0 fully saturated rings. The van der Waals surface area contributed by atoms with Crippen LogP contribution in [-0.2, 0) is 9.05 Å². The van der Waals surface area contributed by atoms with E-state index in [9.17, 15) is 0 Å². The van der Waals surface area contributed by atoms with Crippen LogP contribution >= 0.6 is 19.2 Å². The van der Waals surface area contributed by atoms with Gasteiger partial charge in [-0.25, -0.2) is 4.52 Å². The van der Waals surface area contributed by atoms with Crippen molar-refractivity contribution in [2.45, 2.75) is 6.92 Å². The highest BCUT2D eigenvalue weighted by atomic mass is 35.5. The van der Waals surface area contributed by atoms with Crippen molar-refractivity contribution in [1.29, 1.82) is 0 Å². The van der Waals surface area contributed by atoms with E-state index in [2.05, 4.69) is 6.58 Å². The van der Waals surface area contributed by atoms with E-state index in [0.29, 0.717) is 17.4 Å². The zero-order valence-corrected chi connectivity index (χ0v) is 13.5. The minimum absolute atomic E-state index is 0.465. The maximum absolute atomic E-state index is 6.38. The molecule has 2 rings (SSSR count). The number of rotatable bonds is 6. The molecule has 5 heteroatoms. The molecule has 2 aromatic rings. The van der Waals surface area contributed by atoms with Crippen molar-refractivity contribution in [3.8, 4) is 0 Å². The van der Waals surface area contributed by atoms with E-state index in [1.54, 1.807) is 12.1 Å². The number of halogens is 1. The highest BCUT2D eigenvalue weighted by molar-refractivity contribution is 7.95. The van der Waals surface area contributed by atoms with Gasteiger partial charge in [-0.2, -0.15) is 0 Å². The van der Waals surface area contributed by atoms with Gasteiger partial charge in [0.25, 0.3) is 7.59 Å². The summed E-state index contributed by atoms with van der Waals surface area (Å²) >= 11 is 5.88. The molecule has 0 bridgehead atoms. The third-order valence-corrected chi connectivity index (χ3v) is 5.25. The van der Waals surface area contributed by atoms with E-state index >= 15 is 0 Å². The molecule has 21 heavy (non-hydrogen) atoms. The maximum Gasteiger partial charge on any atom is 0.464 e. The lowest BCUT2D eigenvalue weighted by atomic mass is 10.2. The first-order valence-electron chi connectivity index (χ1n) is 6.57. The van der Waals surface area contributed by atoms with Crippen molar-refractivity contribution >= 4 is 37.8 Å². The Balaban J connectivity index is 2.23. The Labute approximate surface area is 132 Å². The summed E-state index contributed by atoms with van der Waals surface area (Å²) in [5.74, 6) is 0.472. The first-order valence-corrected chi connectivity index (χ1v) is 8.64. The molecule has 1 atom stereocenters. The van der Waals surface area contributed by atoms with Gasteiger partial charge in [0, 0.05) is 10.6 Å². The summed E-state index contributed by atoms with van der Waals surface area (Å²) in [6.45, 7) is 6.30. The Hall–Kier alpha value is -1.28. The van der Waals surface area contributed by atoms with Gasteiger partial charge in [-0.15, -0.1) is 0 Å². The van der Waals surface area contributed by atoms with Crippen LogP contribution in [0, 0.1) is 0 Å². The van der Waals surface area contributed by atoms with Gasteiger partial charge < -0.3 is 4.52 Å². The minimum Gasteiger partial charge on any atom is -0.334 e. The number of hydrogen-bond donors (Lipinski definition) is 0. The van der Waals surface area contributed by atoms with Gasteiger partial charge in [0.2, 0.25) is 0 Å². The Bertz CT molecular complexity index is 603. The average Bonchev–Trinajstić information content (AvgIpc) is 2.49. The lowest BCUT2D eigenvalue weighted by Crippen LogP contribution is -2.16. The van der Waals surface area contributed by atoms with Crippen molar-refractivity contribution in [2.75, 3.05) is 6.61 Å². The molecule has 0 amide bonds. The number of hydrogen-bond acceptors (Lipinski definition) is 2. The van der Waals surface area contributed by atoms with E-state index in [1.165, 1.54) is 0 Å². The molecular formula is C16H16BClO2P+. The van der Waals surface area contributed by atoms with Gasteiger partial charge in [0.05, 0.1) is 6.61 Å². The molecule has 0 aliphatic heterocycles. The van der Waals surface area contributed by atoms with Crippen LogP contribution in [0.4, 0.5) is 0 Å². The van der Waals surface area contributed by atoms with Crippen LogP contribution in [0.5, 0.6) is 0 Å². The third-order valence-electron chi connectivity index (χ3n) is 2.85. The van der Waals surface area contributed by atoms with E-state index in [4.69, 9.17) is 28.2 Å². The Kier molecular flexibility index (Phi) is 5.47. The van der Waals surface area contributed by atoms with Gasteiger partial charge >= 0.3 is 7.57 Å². The summed E-state index contributed by atoms with van der Waals surface area (Å²) in [6.07, 6.45) is 0. The molecule has 0 saturated carbocycles. The van der Waals surface area contributed by atoms with Gasteiger partial charge in [0.1, 0.15) is 5.30 Å². The Morgan fingerprint density at radius 2 is 1.76 bits per heavy atom. The van der Waals surface area contributed by atoms with Crippen LogP contribution in [0.25, 0.3) is 5.76 Å². The fourth-order valence-corrected chi connectivity index (χ4v) is 3.67. The van der Waals surface area contributed by atoms with E-state index in [-0.39, 0.29) is 0 Å². The Morgan fingerprint density at radius 3 is 2.33 bits per heavy atom. The summed E-state index contributed by atoms with van der Waals surface area (Å²) in [5.41, 5.74) is 0.824. The molecule has 2 radical (unpaired) electrons. The highest BCUT2D eigenvalue weighted by Crippen LogP contribution is 2.57. The summed E-state index contributed by atoms with van der Waals surface area (Å²) < 4.78 is 11.6. The van der Waals surface area contributed by atoms with Gasteiger partial charge in [-0.3, -0.25) is 0 Å². The van der Waals surface area contributed by atoms with Crippen LogP contribution in [0.3, 0.4) is 0 Å².